The van der Waals surface area contributed by atoms with E-state index >= 15 is 0 Å². The van der Waals surface area contributed by atoms with Crippen molar-refractivity contribution in [3.8, 4) is 0 Å². The van der Waals surface area contributed by atoms with E-state index < -0.39 is 11.8 Å². The van der Waals surface area contributed by atoms with Gasteiger partial charge in [-0.3, -0.25) is 19.8 Å². The van der Waals surface area contributed by atoms with Crippen LogP contribution >= 0.6 is 12.2 Å². The molecule has 2 amide bonds. The molecule has 0 aliphatic carbocycles. The number of rotatable bonds is 5. The van der Waals surface area contributed by atoms with Crippen molar-refractivity contribution >= 4 is 46.6 Å². The molecule has 3 aromatic rings. The molecule has 2 heterocycles. The monoisotopic (exact) mass is 495 g/mol. The molecule has 36 heavy (non-hydrogen) atoms. The van der Waals surface area contributed by atoms with Crippen LogP contribution in [-0.4, -0.2) is 23.5 Å². The number of nitrogens with one attached hydrogen (secondary N) is 1. The Bertz CT molecular complexity index is 1350. The standard InChI is InChI=1S/C30H29N3O2S/c1-20(2)23-11-13-25(14-12-23)33-29(35)26(28(34)31-30(33)36)18-22-10-15-27-24(17-22)9-6-16-32(27)19-21-7-4-3-5-8-21/h3-5,7-8,10-15,17-18,20H,6,9,16,19H2,1-2H3,(H,31,34,36)/b26-18+. The Morgan fingerprint density at radius 1 is 1.00 bits per heavy atom. The highest BCUT2D eigenvalue weighted by Gasteiger charge is 2.34. The highest BCUT2D eigenvalue weighted by atomic mass is 32.1. The molecule has 3 aromatic carbocycles. The number of anilines is 2. The van der Waals surface area contributed by atoms with Gasteiger partial charge in [-0.05, 0) is 83.6 Å². The number of thiocarbonyl (C=S) groups is 1. The Labute approximate surface area is 217 Å². The highest BCUT2D eigenvalue weighted by molar-refractivity contribution is 7.80. The molecule has 0 aromatic heterocycles. The largest absolute Gasteiger partial charge is 0.367 e. The van der Waals surface area contributed by atoms with Gasteiger partial charge in [-0.2, -0.15) is 0 Å². The van der Waals surface area contributed by atoms with Crippen LogP contribution < -0.4 is 15.1 Å². The number of amides is 2. The first-order chi connectivity index (χ1) is 17.4. The van der Waals surface area contributed by atoms with E-state index in [4.69, 9.17) is 12.2 Å². The maximum Gasteiger partial charge on any atom is 0.270 e. The Morgan fingerprint density at radius 3 is 2.47 bits per heavy atom. The van der Waals surface area contributed by atoms with Crippen LogP contribution in [0.4, 0.5) is 11.4 Å². The molecule has 5 nitrogen and oxygen atoms in total. The normalized spacial score (nSPS) is 17.0. The predicted molar refractivity (Wildman–Crippen MR) is 149 cm³/mol. The minimum Gasteiger partial charge on any atom is -0.367 e. The fourth-order valence-corrected chi connectivity index (χ4v) is 5.10. The summed E-state index contributed by atoms with van der Waals surface area (Å²) in [5, 5.41) is 2.78. The Kier molecular flexibility index (Phi) is 6.70. The van der Waals surface area contributed by atoms with Crippen molar-refractivity contribution in [2.75, 3.05) is 16.3 Å². The molecular formula is C30H29N3O2S. The van der Waals surface area contributed by atoms with E-state index in [0.717, 1.165) is 31.5 Å². The summed E-state index contributed by atoms with van der Waals surface area (Å²) in [5.74, 6) is -0.501. The number of nitrogens with zero attached hydrogens (tertiary/aromatic N) is 2. The number of fused-ring (bicyclic) bond motifs is 1. The topological polar surface area (TPSA) is 52.7 Å². The summed E-state index contributed by atoms with van der Waals surface area (Å²) >= 11 is 5.35. The van der Waals surface area contributed by atoms with Gasteiger partial charge < -0.3 is 4.90 Å². The predicted octanol–water partition coefficient (Wildman–Crippen LogP) is 5.59. The zero-order chi connectivity index (χ0) is 25.2. The smallest absolute Gasteiger partial charge is 0.270 e. The Morgan fingerprint density at radius 2 is 1.75 bits per heavy atom. The average molecular weight is 496 g/mol. The van der Waals surface area contributed by atoms with Gasteiger partial charge in [-0.1, -0.05) is 62.4 Å². The van der Waals surface area contributed by atoms with Crippen molar-refractivity contribution in [3.63, 3.8) is 0 Å². The van der Waals surface area contributed by atoms with E-state index in [0.29, 0.717) is 11.6 Å². The fraction of sp³-hybridized carbons (Fsp3) is 0.233. The van der Waals surface area contributed by atoms with E-state index in [1.165, 1.54) is 27.3 Å². The van der Waals surface area contributed by atoms with E-state index in [1.807, 2.05) is 36.4 Å². The Hall–Kier alpha value is -3.77. The lowest BCUT2D eigenvalue weighted by atomic mass is 9.97. The summed E-state index contributed by atoms with van der Waals surface area (Å²) in [4.78, 5) is 30.0. The molecule has 1 N–H and O–H groups in total. The minimum absolute atomic E-state index is 0.0773. The van der Waals surface area contributed by atoms with Gasteiger partial charge in [0.15, 0.2) is 5.11 Å². The fourth-order valence-electron chi connectivity index (χ4n) is 4.82. The van der Waals surface area contributed by atoms with Crippen molar-refractivity contribution in [2.45, 2.75) is 39.2 Å². The molecule has 0 atom stereocenters. The quantitative estimate of drug-likeness (QED) is 0.285. The molecule has 1 saturated heterocycles. The second-order valence-electron chi connectivity index (χ2n) is 9.60. The van der Waals surface area contributed by atoms with Gasteiger partial charge in [0.1, 0.15) is 5.57 Å². The molecule has 2 aliphatic heterocycles. The molecule has 182 valence electrons. The summed E-state index contributed by atoms with van der Waals surface area (Å²) in [6, 6.07) is 24.3. The molecule has 2 aliphatic rings. The lowest BCUT2D eigenvalue weighted by Gasteiger charge is -2.32. The van der Waals surface area contributed by atoms with E-state index in [9.17, 15) is 9.59 Å². The molecule has 0 radical (unpaired) electrons. The van der Waals surface area contributed by atoms with Crippen LogP contribution in [-0.2, 0) is 22.6 Å². The first-order valence-electron chi connectivity index (χ1n) is 12.3. The molecular weight excluding hydrogens is 466 g/mol. The van der Waals surface area contributed by atoms with Crippen molar-refractivity contribution in [1.82, 2.24) is 5.32 Å². The number of carbonyl (C=O) groups is 2. The molecule has 6 heteroatoms. The third-order valence-electron chi connectivity index (χ3n) is 6.77. The molecule has 1 fully saturated rings. The zero-order valence-electron chi connectivity index (χ0n) is 20.5. The minimum atomic E-state index is -0.469. The van der Waals surface area contributed by atoms with Crippen molar-refractivity contribution in [1.29, 1.82) is 0 Å². The first kappa shape index (κ1) is 23.9. The third kappa shape index (κ3) is 4.82. The number of benzene rings is 3. The summed E-state index contributed by atoms with van der Waals surface area (Å²) in [6.07, 6.45) is 3.70. The first-order valence-corrected chi connectivity index (χ1v) is 12.7. The van der Waals surface area contributed by atoms with Gasteiger partial charge >= 0.3 is 0 Å². The zero-order valence-corrected chi connectivity index (χ0v) is 21.3. The van der Waals surface area contributed by atoms with Crippen LogP contribution in [0.25, 0.3) is 6.08 Å². The Balaban J connectivity index is 1.42. The lowest BCUT2D eigenvalue weighted by molar-refractivity contribution is -0.122. The molecule has 0 spiro atoms. The molecule has 5 rings (SSSR count). The van der Waals surface area contributed by atoms with Crippen LogP contribution in [0.3, 0.4) is 0 Å². The maximum atomic E-state index is 13.4. The van der Waals surface area contributed by atoms with Crippen LogP contribution in [0.1, 0.15) is 48.4 Å². The van der Waals surface area contributed by atoms with Crippen LogP contribution in [0, 0.1) is 0 Å². The van der Waals surface area contributed by atoms with E-state index in [-0.39, 0.29) is 10.7 Å². The van der Waals surface area contributed by atoms with Gasteiger partial charge in [0.05, 0.1) is 5.69 Å². The van der Waals surface area contributed by atoms with Crippen molar-refractivity contribution in [3.05, 3.63) is 101 Å². The van der Waals surface area contributed by atoms with Crippen molar-refractivity contribution < 1.29 is 9.59 Å². The van der Waals surface area contributed by atoms with E-state index in [2.05, 4.69) is 60.5 Å². The van der Waals surface area contributed by atoms with Crippen LogP contribution in [0.5, 0.6) is 0 Å². The summed E-state index contributed by atoms with van der Waals surface area (Å²) in [7, 11) is 0. The van der Waals surface area contributed by atoms with Gasteiger partial charge in [0.25, 0.3) is 11.8 Å². The van der Waals surface area contributed by atoms with Gasteiger partial charge in [-0.25, -0.2) is 0 Å². The second-order valence-corrected chi connectivity index (χ2v) is 9.99. The number of hydrogen-bond donors (Lipinski definition) is 1. The van der Waals surface area contributed by atoms with Crippen molar-refractivity contribution in [2.24, 2.45) is 0 Å². The summed E-state index contributed by atoms with van der Waals surface area (Å²) in [6.45, 7) is 6.10. The SMILES string of the molecule is CC(C)c1ccc(N2C(=O)/C(=C/c3ccc4c(c3)CCCN4Cc3ccccc3)C(=O)NC2=S)cc1. The summed E-state index contributed by atoms with van der Waals surface area (Å²) in [5.41, 5.74) is 6.43. The number of hydrogen-bond acceptors (Lipinski definition) is 4. The number of aryl methyl sites for hydroxylation is 1. The van der Waals surface area contributed by atoms with Gasteiger partial charge in [-0.15, -0.1) is 0 Å². The van der Waals surface area contributed by atoms with Gasteiger partial charge in [0, 0.05) is 18.8 Å². The van der Waals surface area contributed by atoms with E-state index in [1.54, 1.807) is 6.08 Å². The molecule has 0 bridgehead atoms. The van der Waals surface area contributed by atoms with Gasteiger partial charge in [0.2, 0.25) is 0 Å². The molecule has 0 unspecified atom stereocenters. The van der Waals surface area contributed by atoms with Crippen LogP contribution in [0.2, 0.25) is 0 Å². The number of carbonyl (C=O) groups excluding carboxylic acids is 2. The summed E-state index contributed by atoms with van der Waals surface area (Å²) < 4.78 is 0. The lowest BCUT2D eigenvalue weighted by Crippen LogP contribution is -2.54. The molecule has 0 saturated carbocycles. The highest BCUT2D eigenvalue weighted by Crippen LogP contribution is 2.31. The second kappa shape index (κ2) is 10.1. The third-order valence-corrected chi connectivity index (χ3v) is 7.05. The maximum absolute atomic E-state index is 13.4. The van der Waals surface area contributed by atoms with Crippen LogP contribution in [0.15, 0.2) is 78.4 Å². The average Bonchev–Trinajstić information content (AvgIpc) is 2.87.